The van der Waals surface area contributed by atoms with Crippen molar-refractivity contribution in [2.24, 2.45) is 5.92 Å². The van der Waals surface area contributed by atoms with Crippen LogP contribution in [-0.2, 0) is 0 Å². The van der Waals surface area contributed by atoms with Crippen molar-refractivity contribution < 1.29 is 8.78 Å². The van der Waals surface area contributed by atoms with Gasteiger partial charge in [-0.1, -0.05) is 25.5 Å². The van der Waals surface area contributed by atoms with Crippen LogP contribution in [0.25, 0.3) is 0 Å². The van der Waals surface area contributed by atoms with Crippen molar-refractivity contribution in [3.8, 4) is 0 Å². The summed E-state index contributed by atoms with van der Waals surface area (Å²) in [6, 6.07) is 0. The van der Waals surface area contributed by atoms with Gasteiger partial charge in [-0.3, -0.25) is 0 Å². The monoisotopic (exact) mass is 176 g/mol. The maximum Gasteiger partial charge on any atom is 0.245 e. The Hall–Kier alpha value is -0.400. The quantitative estimate of drug-likeness (QED) is 0.567. The van der Waals surface area contributed by atoms with Gasteiger partial charge in [0.05, 0.1) is 0 Å². The first-order valence-electron chi connectivity index (χ1n) is 4.36. The van der Waals surface area contributed by atoms with Gasteiger partial charge >= 0.3 is 0 Å². The van der Waals surface area contributed by atoms with Crippen LogP contribution in [0.1, 0.15) is 40.5 Å². The molecule has 0 N–H and O–H groups in total. The fourth-order valence-electron chi connectivity index (χ4n) is 1.07. The largest absolute Gasteiger partial charge is 0.245 e. The van der Waals surface area contributed by atoms with Crippen molar-refractivity contribution in [1.29, 1.82) is 0 Å². The molecule has 0 heterocycles. The molecular weight excluding hydrogens is 158 g/mol. The molecule has 12 heavy (non-hydrogen) atoms. The van der Waals surface area contributed by atoms with E-state index in [-0.39, 0.29) is 6.42 Å². The van der Waals surface area contributed by atoms with E-state index in [4.69, 9.17) is 0 Å². The highest BCUT2D eigenvalue weighted by Gasteiger charge is 2.19. The smallest absolute Gasteiger partial charge is 0.207 e. The molecule has 0 radical (unpaired) electrons. The van der Waals surface area contributed by atoms with Gasteiger partial charge in [0.25, 0.3) is 0 Å². The average molecular weight is 176 g/mol. The summed E-state index contributed by atoms with van der Waals surface area (Å²) in [6.45, 7) is 6.97. The maximum atomic E-state index is 12.4. The molecule has 0 aromatic carbocycles. The third-order valence-corrected chi connectivity index (χ3v) is 1.58. The molecule has 0 aromatic rings. The highest BCUT2D eigenvalue weighted by Crippen LogP contribution is 2.21. The summed E-state index contributed by atoms with van der Waals surface area (Å²) in [5.74, 6) is -2.07. The third kappa shape index (κ3) is 7.70. The molecule has 0 saturated carbocycles. The predicted octanol–water partition coefficient (Wildman–Crippen LogP) is 4.02. The average Bonchev–Trinajstić information content (AvgIpc) is 1.80. The molecule has 0 unspecified atom stereocenters. The molecule has 0 saturated heterocycles. The van der Waals surface area contributed by atoms with E-state index in [2.05, 4.69) is 0 Å². The van der Waals surface area contributed by atoms with Crippen molar-refractivity contribution in [2.75, 3.05) is 0 Å². The van der Waals surface area contributed by atoms with Gasteiger partial charge in [-0.05, 0) is 26.2 Å². The summed E-state index contributed by atoms with van der Waals surface area (Å²) < 4.78 is 24.8. The lowest BCUT2D eigenvalue weighted by Crippen LogP contribution is -2.08. The lowest BCUT2D eigenvalue weighted by atomic mass is 10.0. The van der Waals surface area contributed by atoms with Crippen LogP contribution in [0.3, 0.4) is 0 Å². The van der Waals surface area contributed by atoms with Crippen LogP contribution in [-0.4, -0.2) is 5.92 Å². The van der Waals surface area contributed by atoms with Crippen LogP contribution < -0.4 is 0 Å². The molecule has 0 aliphatic rings. The zero-order chi connectivity index (χ0) is 9.78. The minimum atomic E-state index is -2.52. The van der Waals surface area contributed by atoms with E-state index in [0.29, 0.717) is 12.3 Å². The van der Waals surface area contributed by atoms with Crippen LogP contribution >= 0.6 is 0 Å². The van der Waals surface area contributed by atoms with E-state index in [1.165, 1.54) is 0 Å². The van der Waals surface area contributed by atoms with E-state index in [0.717, 1.165) is 12.5 Å². The van der Waals surface area contributed by atoms with Crippen LogP contribution in [0, 0.1) is 5.92 Å². The van der Waals surface area contributed by atoms with Gasteiger partial charge in [-0.2, -0.15) is 0 Å². The third-order valence-electron chi connectivity index (χ3n) is 1.58. The summed E-state index contributed by atoms with van der Waals surface area (Å²) in [5.41, 5.74) is 1.06. The van der Waals surface area contributed by atoms with Gasteiger partial charge in [0.15, 0.2) is 0 Å². The fraction of sp³-hybridized carbons (Fsp3) is 0.800. The minimum Gasteiger partial charge on any atom is -0.207 e. The first-order chi connectivity index (χ1) is 5.31. The number of hydrogen-bond acceptors (Lipinski definition) is 0. The SMILES string of the molecule is C/C(=C\C(C)C)CCC(C)(F)F. The summed E-state index contributed by atoms with van der Waals surface area (Å²) in [6.07, 6.45) is 2.50. The van der Waals surface area contributed by atoms with Crippen LogP contribution in [0.5, 0.6) is 0 Å². The highest BCUT2D eigenvalue weighted by atomic mass is 19.3. The summed E-state index contributed by atoms with van der Waals surface area (Å²) in [4.78, 5) is 0. The molecule has 0 nitrogen and oxygen atoms in total. The van der Waals surface area contributed by atoms with Crippen LogP contribution in [0.15, 0.2) is 11.6 Å². The van der Waals surface area contributed by atoms with Crippen molar-refractivity contribution in [3.63, 3.8) is 0 Å². The Morgan fingerprint density at radius 3 is 2.25 bits per heavy atom. The molecule has 0 aliphatic carbocycles. The Morgan fingerprint density at radius 1 is 1.42 bits per heavy atom. The van der Waals surface area contributed by atoms with Crippen molar-refractivity contribution in [3.05, 3.63) is 11.6 Å². The second kappa shape index (κ2) is 4.58. The second-order valence-corrected chi connectivity index (χ2v) is 3.83. The Morgan fingerprint density at radius 2 is 1.92 bits per heavy atom. The van der Waals surface area contributed by atoms with Crippen molar-refractivity contribution in [2.45, 2.75) is 46.5 Å². The molecule has 0 aliphatic heterocycles. The number of allylic oxidation sites excluding steroid dienone is 2. The van der Waals surface area contributed by atoms with Gasteiger partial charge in [0, 0.05) is 6.42 Å². The van der Waals surface area contributed by atoms with Gasteiger partial charge in [-0.25, -0.2) is 8.78 Å². The standard InChI is InChI=1S/C10H18F2/c1-8(2)7-9(3)5-6-10(4,11)12/h7-8H,5-6H2,1-4H3/b9-7+. The molecule has 0 bridgehead atoms. The van der Waals surface area contributed by atoms with Gasteiger partial charge < -0.3 is 0 Å². The van der Waals surface area contributed by atoms with Gasteiger partial charge in [-0.15, -0.1) is 0 Å². The Labute approximate surface area is 73.7 Å². The summed E-state index contributed by atoms with van der Waals surface area (Å²) in [7, 11) is 0. The van der Waals surface area contributed by atoms with Crippen LogP contribution in [0.2, 0.25) is 0 Å². The zero-order valence-corrected chi connectivity index (χ0v) is 8.32. The number of rotatable bonds is 4. The van der Waals surface area contributed by atoms with E-state index >= 15 is 0 Å². The second-order valence-electron chi connectivity index (χ2n) is 3.83. The van der Waals surface area contributed by atoms with Crippen molar-refractivity contribution in [1.82, 2.24) is 0 Å². The Bertz CT molecular complexity index is 152. The summed E-state index contributed by atoms with van der Waals surface area (Å²) in [5, 5.41) is 0. The minimum absolute atomic E-state index is 0.0396. The topological polar surface area (TPSA) is 0 Å². The highest BCUT2D eigenvalue weighted by molar-refractivity contribution is 4.99. The molecule has 0 fully saturated rings. The molecule has 0 rings (SSSR count). The van der Waals surface area contributed by atoms with Gasteiger partial charge in [0.1, 0.15) is 0 Å². The van der Waals surface area contributed by atoms with E-state index in [9.17, 15) is 8.78 Å². The first kappa shape index (κ1) is 11.6. The Kier molecular flexibility index (Phi) is 4.43. The van der Waals surface area contributed by atoms with E-state index in [1.54, 1.807) is 0 Å². The van der Waals surface area contributed by atoms with Gasteiger partial charge in [0.2, 0.25) is 5.92 Å². The normalized spacial score (nSPS) is 14.1. The zero-order valence-electron chi connectivity index (χ0n) is 8.32. The number of halogens is 2. The molecule has 2 heteroatoms. The summed E-state index contributed by atoms with van der Waals surface area (Å²) >= 11 is 0. The predicted molar refractivity (Wildman–Crippen MR) is 48.5 cm³/mol. The molecule has 0 atom stereocenters. The first-order valence-corrected chi connectivity index (χ1v) is 4.36. The Balaban J connectivity index is 3.79. The van der Waals surface area contributed by atoms with E-state index < -0.39 is 5.92 Å². The molecule has 0 amide bonds. The molecule has 0 spiro atoms. The lowest BCUT2D eigenvalue weighted by molar-refractivity contribution is 0.0133. The molecular formula is C10H18F2. The van der Waals surface area contributed by atoms with E-state index in [1.807, 2.05) is 26.8 Å². The molecule has 72 valence electrons. The van der Waals surface area contributed by atoms with Crippen LogP contribution in [0.4, 0.5) is 8.78 Å². The maximum absolute atomic E-state index is 12.4. The molecule has 0 aromatic heterocycles. The number of hydrogen-bond donors (Lipinski definition) is 0. The van der Waals surface area contributed by atoms with Crippen molar-refractivity contribution >= 4 is 0 Å². The fourth-order valence-corrected chi connectivity index (χ4v) is 1.07. The lowest BCUT2D eigenvalue weighted by Gasteiger charge is -2.10. The number of alkyl halides is 2.